The Morgan fingerprint density at radius 1 is 1.24 bits per heavy atom. The lowest BCUT2D eigenvalue weighted by atomic mass is 9.78. The normalized spacial score (nSPS) is 23.7. The molecule has 4 N–H and O–H groups in total. The van der Waals surface area contributed by atoms with Crippen molar-refractivity contribution in [2.45, 2.75) is 12.8 Å². The molecule has 0 saturated carbocycles. The molecule has 0 aromatic carbocycles. The minimum Gasteiger partial charge on any atom is -0.409 e. The molecule has 2 aliphatic heterocycles. The largest absolute Gasteiger partial charge is 0.409 e. The van der Waals surface area contributed by atoms with Crippen LogP contribution in [-0.4, -0.2) is 74.5 Å². The Bertz CT molecular complexity index is 376. The summed E-state index contributed by atoms with van der Waals surface area (Å²) in [5, 5.41) is 14.9. The van der Waals surface area contributed by atoms with E-state index in [-0.39, 0.29) is 11.7 Å². The lowest BCUT2D eigenvalue weighted by molar-refractivity contribution is -0.131. The highest BCUT2D eigenvalue weighted by molar-refractivity contribution is 6.06. The van der Waals surface area contributed by atoms with Crippen LogP contribution in [-0.2, 0) is 14.3 Å². The van der Waals surface area contributed by atoms with Gasteiger partial charge in [-0.05, 0) is 12.8 Å². The van der Waals surface area contributed by atoms with Crippen LogP contribution in [0.4, 0.5) is 0 Å². The summed E-state index contributed by atoms with van der Waals surface area (Å²) in [4.78, 5) is 14.7. The number of hydrogen-bond acceptors (Lipinski definition) is 6. The number of amidine groups is 1. The van der Waals surface area contributed by atoms with E-state index in [1.807, 2.05) is 0 Å². The Labute approximate surface area is 124 Å². The predicted molar refractivity (Wildman–Crippen MR) is 76.2 cm³/mol. The van der Waals surface area contributed by atoms with Gasteiger partial charge in [0.2, 0.25) is 5.91 Å². The molecule has 0 atom stereocenters. The average molecular weight is 300 g/mol. The number of oxime groups is 1. The zero-order valence-corrected chi connectivity index (χ0v) is 12.2. The minimum absolute atomic E-state index is 0.0327. The van der Waals surface area contributed by atoms with Crippen LogP contribution in [0.3, 0.4) is 0 Å². The Morgan fingerprint density at radius 2 is 1.86 bits per heavy atom. The number of carbonyl (C=O) groups excluding carboxylic acids is 1. The molecule has 21 heavy (non-hydrogen) atoms. The summed E-state index contributed by atoms with van der Waals surface area (Å²) in [5.41, 5.74) is 4.81. The van der Waals surface area contributed by atoms with E-state index in [9.17, 15) is 4.79 Å². The van der Waals surface area contributed by atoms with E-state index >= 15 is 0 Å². The van der Waals surface area contributed by atoms with Gasteiger partial charge >= 0.3 is 0 Å². The van der Waals surface area contributed by atoms with Crippen molar-refractivity contribution < 1.29 is 19.5 Å². The van der Waals surface area contributed by atoms with Crippen LogP contribution >= 0.6 is 0 Å². The molecule has 8 heteroatoms. The van der Waals surface area contributed by atoms with Crippen LogP contribution in [0.15, 0.2) is 5.16 Å². The smallest absolute Gasteiger partial charge is 0.234 e. The lowest BCUT2D eigenvalue weighted by Gasteiger charge is -2.34. The fourth-order valence-corrected chi connectivity index (χ4v) is 2.74. The van der Waals surface area contributed by atoms with Gasteiger partial charge in [0.15, 0.2) is 5.84 Å². The van der Waals surface area contributed by atoms with Gasteiger partial charge in [-0.25, -0.2) is 0 Å². The maximum Gasteiger partial charge on any atom is 0.234 e. The highest BCUT2D eigenvalue weighted by Gasteiger charge is 2.44. The summed E-state index contributed by atoms with van der Waals surface area (Å²) in [6, 6.07) is 0. The van der Waals surface area contributed by atoms with Gasteiger partial charge in [0.25, 0.3) is 0 Å². The number of hydrogen-bond donors (Lipinski definition) is 3. The summed E-state index contributed by atoms with van der Waals surface area (Å²) >= 11 is 0. The first-order valence-corrected chi connectivity index (χ1v) is 7.33. The van der Waals surface area contributed by atoms with Crippen molar-refractivity contribution in [1.29, 1.82) is 0 Å². The van der Waals surface area contributed by atoms with Crippen LogP contribution in [0.25, 0.3) is 0 Å². The first-order valence-electron chi connectivity index (χ1n) is 7.33. The van der Waals surface area contributed by atoms with E-state index in [0.717, 1.165) is 32.8 Å². The zero-order chi connectivity index (χ0) is 15.1. The molecule has 2 aliphatic rings. The van der Waals surface area contributed by atoms with Crippen LogP contribution in [0.5, 0.6) is 0 Å². The molecular formula is C13H24N4O4. The van der Waals surface area contributed by atoms with E-state index < -0.39 is 5.41 Å². The molecule has 0 radical (unpaired) electrons. The van der Waals surface area contributed by atoms with E-state index in [1.54, 1.807) is 0 Å². The van der Waals surface area contributed by atoms with E-state index in [0.29, 0.717) is 32.6 Å². The molecule has 0 aliphatic carbocycles. The van der Waals surface area contributed by atoms with Gasteiger partial charge in [-0.15, -0.1) is 0 Å². The zero-order valence-electron chi connectivity index (χ0n) is 12.2. The van der Waals surface area contributed by atoms with Crippen molar-refractivity contribution in [3.63, 3.8) is 0 Å². The fraction of sp³-hybridized carbons (Fsp3) is 0.846. The van der Waals surface area contributed by atoms with Crippen molar-refractivity contribution >= 4 is 11.7 Å². The summed E-state index contributed by atoms with van der Waals surface area (Å²) in [6.45, 7) is 5.43. The highest BCUT2D eigenvalue weighted by atomic mass is 16.5. The third kappa shape index (κ3) is 3.84. The Kier molecular flexibility index (Phi) is 5.77. The predicted octanol–water partition coefficient (Wildman–Crippen LogP) is -1.02. The molecule has 0 spiro atoms. The molecule has 0 aromatic rings. The van der Waals surface area contributed by atoms with Crippen LogP contribution in [0.2, 0.25) is 0 Å². The molecule has 0 aromatic heterocycles. The SMILES string of the molecule is NC(=NO)C1(C(=O)NCCN2CCOCC2)CCOCC1. The molecule has 1 amide bonds. The lowest BCUT2D eigenvalue weighted by Crippen LogP contribution is -2.54. The van der Waals surface area contributed by atoms with Crippen molar-refractivity contribution in [3.05, 3.63) is 0 Å². The number of nitrogens with one attached hydrogen (secondary N) is 1. The van der Waals surface area contributed by atoms with Gasteiger partial charge < -0.3 is 25.7 Å². The fourth-order valence-electron chi connectivity index (χ4n) is 2.74. The number of nitrogens with two attached hydrogens (primary N) is 1. The van der Waals surface area contributed by atoms with E-state index in [2.05, 4.69) is 15.4 Å². The van der Waals surface area contributed by atoms with Crippen molar-refractivity contribution in [1.82, 2.24) is 10.2 Å². The van der Waals surface area contributed by atoms with Gasteiger partial charge in [0, 0.05) is 39.4 Å². The van der Waals surface area contributed by atoms with E-state index in [1.165, 1.54) is 0 Å². The number of rotatable bonds is 5. The second-order valence-corrected chi connectivity index (χ2v) is 5.39. The Hall–Kier alpha value is -1.38. The van der Waals surface area contributed by atoms with Crippen LogP contribution < -0.4 is 11.1 Å². The monoisotopic (exact) mass is 300 g/mol. The average Bonchev–Trinajstić information content (AvgIpc) is 2.55. The number of ether oxygens (including phenoxy) is 2. The van der Waals surface area contributed by atoms with Crippen molar-refractivity contribution in [2.75, 3.05) is 52.6 Å². The first-order chi connectivity index (χ1) is 10.2. The molecule has 2 fully saturated rings. The summed E-state index contributed by atoms with van der Waals surface area (Å²) in [7, 11) is 0. The minimum atomic E-state index is -0.946. The quantitative estimate of drug-likeness (QED) is 0.259. The number of carbonyl (C=O) groups is 1. The molecular weight excluding hydrogens is 276 g/mol. The number of amides is 1. The molecule has 0 unspecified atom stereocenters. The van der Waals surface area contributed by atoms with Gasteiger partial charge in [-0.2, -0.15) is 0 Å². The highest BCUT2D eigenvalue weighted by Crippen LogP contribution is 2.31. The second-order valence-electron chi connectivity index (χ2n) is 5.39. The summed E-state index contributed by atoms with van der Waals surface area (Å²) in [6.07, 6.45) is 0.874. The molecule has 120 valence electrons. The third-order valence-corrected chi connectivity index (χ3v) is 4.20. The van der Waals surface area contributed by atoms with Gasteiger partial charge in [-0.1, -0.05) is 5.16 Å². The third-order valence-electron chi connectivity index (χ3n) is 4.20. The van der Waals surface area contributed by atoms with Crippen molar-refractivity contribution in [2.24, 2.45) is 16.3 Å². The number of morpholine rings is 1. The van der Waals surface area contributed by atoms with Crippen LogP contribution in [0, 0.1) is 5.41 Å². The summed E-state index contributed by atoms with van der Waals surface area (Å²) in [5.74, 6) is -0.218. The molecule has 2 heterocycles. The van der Waals surface area contributed by atoms with Gasteiger partial charge in [-0.3, -0.25) is 9.69 Å². The number of nitrogens with zero attached hydrogens (tertiary/aromatic N) is 2. The standard InChI is InChI=1S/C13H24N4O4/c14-11(16-19)13(1-7-20-8-2-13)12(18)15-3-4-17-5-9-21-10-6-17/h19H,1-10H2,(H2,14,16)(H,15,18). The Balaban J connectivity index is 1.86. The topological polar surface area (TPSA) is 109 Å². The first kappa shape index (κ1) is 16.0. The molecule has 2 saturated heterocycles. The second kappa shape index (κ2) is 7.58. The van der Waals surface area contributed by atoms with E-state index in [4.69, 9.17) is 20.4 Å². The molecule has 8 nitrogen and oxygen atoms in total. The van der Waals surface area contributed by atoms with Gasteiger partial charge in [0.1, 0.15) is 5.41 Å². The Morgan fingerprint density at radius 3 is 2.48 bits per heavy atom. The van der Waals surface area contributed by atoms with Crippen LogP contribution in [0.1, 0.15) is 12.8 Å². The van der Waals surface area contributed by atoms with Gasteiger partial charge in [0.05, 0.1) is 13.2 Å². The summed E-state index contributed by atoms with van der Waals surface area (Å²) < 4.78 is 10.6. The van der Waals surface area contributed by atoms with Crippen molar-refractivity contribution in [3.8, 4) is 0 Å². The maximum absolute atomic E-state index is 12.5. The maximum atomic E-state index is 12.5. The molecule has 0 bridgehead atoms. The molecule has 2 rings (SSSR count).